The molecule has 1 amide bonds. The minimum absolute atomic E-state index is 0.0371. The number of anilines is 2. The molecule has 1 aromatic carbocycles. The number of nitrogens with zero attached hydrogens (tertiary/aromatic N) is 5. The average Bonchev–Trinajstić information content (AvgIpc) is 2.64. The SMILES string of the molecule is CCN(c1ccccc1)c1cnc(C(=O)N2CCN(C)CC2)cn1. The molecule has 1 fully saturated rings. The van der Waals surface area contributed by atoms with E-state index in [0.29, 0.717) is 5.69 Å². The van der Waals surface area contributed by atoms with Crippen LogP contribution in [0.15, 0.2) is 42.7 Å². The second-order valence-corrected chi connectivity index (χ2v) is 5.94. The fourth-order valence-electron chi connectivity index (χ4n) is 2.83. The van der Waals surface area contributed by atoms with Gasteiger partial charge in [0.2, 0.25) is 0 Å². The van der Waals surface area contributed by atoms with Crippen LogP contribution >= 0.6 is 0 Å². The summed E-state index contributed by atoms with van der Waals surface area (Å²) < 4.78 is 0. The lowest BCUT2D eigenvalue weighted by molar-refractivity contribution is 0.0658. The van der Waals surface area contributed by atoms with Crippen LogP contribution in [-0.4, -0.2) is 65.4 Å². The number of carbonyl (C=O) groups excluding carboxylic acids is 1. The smallest absolute Gasteiger partial charge is 0.274 e. The molecular weight excluding hydrogens is 302 g/mol. The number of aromatic nitrogens is 2. The maximum Gasteiger partial charge on any atom is 0.274 e. The van der Waals surface area contributed by atoms with Gasteiger partial charge in [0.15, 0.2) is 5.82 Å². The fourth-order valence-corrected chi connectivity index (χ4v) is 2.83. The van der Waals surface area contributed by atoms with E-state index in [4.69, 9.17) is 0 Å². The van der Waals surface area contributed by atoms with E-state index in [1.165, 1.54) is 0 Å². The van der Waals surface area contributed by atoms with E-state index in [2.05, 4.69) is 33.7 Å². The predicted octanol–water partition coefficient (Wildman–Crippen LogP) is 2.02. The second kappa shape index (κ2) is 7.40. The van der Waals surface area contributed by atoms with Gasteiger partial charge in [-0.1, -0.05) is 18.2 Å². The van der Waals surface area contributed by atoms with Crippen molar-refractivity contribution in [2.75, 3.05) is 44.7 Å². The molecule has 6 heteroatoms. The summed E-state index contributed by atoms with van der Waals surface area (Å²) in [6.45, 7) is 6.12. The van der Waals surface area contributed by atoms with Gasteiger partial charge in [-0.3, -0.25) is 4.79 Å². The van der Waals surface area contributed by atoms with Gasteiger partial charge in [-0.05, 0) is 26.1 Å². The zero-order valence-electron chi connectivity index (χ0n) is 14.2. The molecule has 126 valence electrons. The number of amides is 1. The Hall–Kier alpha value is -2.47. The predicted molar refractivity (Wildman–Crippen MR) is 94.6 cm³/mol. The Bertz CT molecular complexity index is 666. The van der Waals surface area contributed by atoms with Crippen molar-refractivity contribution in [2.45, 2.75) is 6.92 Å². The molecule has 0 saturated carbocycles. The molecule has 0 unspecified atom stereocenters. The monoisotopic (exact) mass is 325 g/mol. The molecule has 24 heavy (non-hydrogen) atoms. The Morgan fingerprint density at radius 2 is 1.79 bits per heavy atom. The first kappa shape index (κ1) is 16.4. The Balaban J connectivity index is 1.74. The highest BCUT2D eigenvalue weighted by Gasteiger charge is 2.21. The van der Waals surface area contributed by atoms with Gasteiger partial charge in [0.05, 0.1) is 12.4 Å². The third-order valence-electron chi connectivity index (χ3n) is 4.31. The van der Waals surface area contributed by atoms with Crippen LogP contribution in [0.1, 0.15) is 17.4 Å². The highest BCUT2D eigenvalue weighted by Crippen LogP contribution is 2.22. The standard InChI is InChI=1S/C18H23N5O/c1-3-23(15-7-5-4-6-8-15)17-14-19-16(13-20-17)18(24)22-11-9-21(2)10-12-22/h4-8,13-14H,3,9-12H2,1-2H3. The van der Waals surface area contributed by atoms with Crippen LogP contribution in [-0.2, 0) is 0 Å². The zero-order valence-corrected chi connectivity index (χ0v) is 14.2. The van der Waals surface area contributed by atoms with E-state index in [0.717, 1.165) is 44.2 Å². The van der Waals surface area contributed by atoms with Crippen LogP contribution in [0.2, 0.25) is 0 Å². The van der Waals surface area contributed by atoms with Crippen molar-refractivity contribution < 1.29 is 4.79 Å². The van der Waals surface area contributed by atoms with Crippen molar-refractivity contribution in [3.8, 4) is 0 Å². The van der Waals surface area contributed by atoms with Crippen molar-refractivity contribution in [1.29, 1.82) is 0 Å². The van der Waals surface area contributed by atoms with Gasteiger partial charge in [-0.2, -0.15) is 0 Å². The molecule has 0 atom stereocenters. The quantitative estimate of drug-likeness (QED) is 0.861. The molecule has 2 aromatic rings. The normalized spacial score (nSPS) is 15.3. The van der Waals surface area contributed by atoms with Gasteiger partial charge in [0.25, 0.3) is 5.91 Å². The number of hydrogen-bond acceptors (Lipinski definition) is 5. The van der Waals surface area contributed by atoms with Crippen LogP contribution in [0.4, 0.5) is 11.5 Å². The van der Waals surface area contributed by atoms with Crippen molar-refractivity contribution in [2.24, 2.45) is 0 Å². The van der Waals surface area contributed by atoms with E-state index in [1.807, 2.05) is 35.2 Å². The van der Waals surface area contributed by atoms with Crippen molar-refractivity contribution in [3.05, 3.63) is 48.4 Å². The van der Waals surface area contributed by atoms with E-state index in [9.17, 15) is 4.79 Å². The third kappa shape index (κ3) is 3.54. The first-order valence-electron chi connectivity index (χ1n) is 8.31. The lowest BCUT2D eigenvalue weighted by Crippen LogP contribution is -2.47. The highest BCUT2D eigenvalue weighted by atomic mass is 16.2. The summed E-state index contributed by atoms with van der Waals surface area (Å²) >= 11 is 0. The van der Waals surface area contributed by atoms with Crippen molar-refractivity contribution in [1.82, 2.24) is 19.8 Å². The Morgan fingerprint density at radius 3 is 2.38 bits per heavy atom. The van der Waals surface area contributed by atoms with Gasteiger partial charge in [-0.15, -0.1) is 0 Å². The molecule has 0 bridgehead atoms. The molecule has 0 aliphatic carbocycles. The fraction of sp³-hybridized carbons (Fsp3) is 0.389. The maximum absolute atomic E-state index is 12.5. The molecule has 0 N–H and O–H groups in total. The third-order valence-corrected chi connectivity index (χ3v) is 4.31. The van der Waals surface area contributed by atoms with Gasteiger partial charge in [0.1, 0.15) is 5.69 Å². The first-order chi connectivity index (χ1) is 11.7. The summed E-state index contributed by atoms with van der Waals surface area (Å²) in [5.74, 6) is 0.712. The van der Waals surface area contributed by atoms with Crippen molar-refractivity contribution in [3.63, 3.8) is 0 Å². The van der Waals surface area contributed by atoms with Crippen LogP contribution in [0.5, 0.6) is 0 Å². The van der Waals surface area contributed by atoms with Crippen molar-refractivity contribution >= 4 is 17.4 Å². The molecule has 0 radical (unpaired) electrons. The van der Waals surface area contributed by atoms with Gasteiger partial charge in [0, 0.05) is 38.4 Å². The Kier molecular flexibility index (Phi) is 5.05. The largest absolute Gasteiger partial charge is 0.335 e. The molecule has 6 nitrogen and oxygen atoms in total. The van der Waals surface area contributed by atoms with Crippen LogP contribution in [0.3, 0.4) is 0 Å². The summed E-state index contributed by atoms with van der Waals surface area (Å²) in [6, 6.07) is 10.1. The van der Waals surface area contributed by atoms with Crippen LogP contribution in [0, 0.1) is 0 Å². The summed E-state index contributed by atoms with van der Waals surface area (Å²) in [5, 5.41) is 0. The highest BCUT2D eigenvalue weighted by molar-refractivity contribution is 5.92. The molecule has 1 aliphatic heterocycles. The summed E-state index contributed by atoms with van der Waals surface area (Å²) in [7, 11) is 2.07. The zero-order chi connectivity index (χ0) is 16.9. The van der Waals surface area contributed by atoms with E-state index in [1.54, 1.807) is 12.4 Å². The Labute approximate surface area is 142 Å². The Morgan fingerprint density at radius 1 is 1.08 bits per heavy atom. The number of benzene rings is 1. The van der Waals surface area contributed by atoms with Crippen LogP contribution < -0.4 is 4.90 Å². The topological polar surface area (TPSA) is 52.6 Å². The van der Waals surface area contributed by atoms with Gasteiger partial charge in [-0.25, -0.2) is 9.97 Å². The summed E-state index contributed by atoms with van der Waals surface area (Å²) in [5.41, 5.74) is 1.47. The lowest BCUT2D eigenvalue weighted by atomic mass is 10.3. The number of carbonyl (C=O) groups is 1. The number of para-hydroxylation sites is 1. The molecule has 3 rings (SSSR count). The number of rotatable bonds is 4. The lowest BCUT2D eigenvalue weighted by Gasteiger charge is -2.32. The molecular formula is C18H23N5O. The molecule has 0 spiro atoms. The molecule has 1 aromatic heterocycles. The minimum Gasteiger partial charge on any atom is -0.335 e. The van der Waals surface area contributed by atoms with E-state index in [-0.39, 0.29) is 5.91 Å². The van der Waals surface area contributed by atoms with E-state index >= 15 is 0 Å². The van der Waals surface area contributed by atoms with Gasteiger partial charge < -0.3 is 14.7 Å². The van der Waals surface area contributed by atoms with Gasteiger partial charge >= 0.3 is 0 Å². The van der Waals surface area contributed by atoms with Crippen LogP contribution in [0.25, 0.3) is 0 Å². The summed E-state index contributed by atoms with van der Waals surface area (Å²) in [4.78, 5) is 27.5. The summed E-state index contributed by atoms with van der Waals surface area (Å²) in [6.07, 6.45) is 3.27. The second-order valence-electron chi connectivity index (χ2n) is 5.94. The maximum atomic E-state index is 12.5. The minimum atomic E-state index is -0.0371. The number of hydrogen-bond donors (Lipinski definition) is 0. The first-order valence-corrected chi connectivity index (χ1v) is 8.31. The molecule has 1 saturated heterocycles. The number of likely N-dealkylation sites (N-methyl/N-ethyl adjacent to an activating group) is 1. The average molecular weight is 325 g/mol. The van der Waals surface area contributed by atoms with E-state index < -0.39 is 0 Å². The molecule has 1 aliphatic rings. The molecule has 2 heterocycles. The number of piperazine rings is 1.